The molecule has 0 spiro atoms. The Hall–Kier alpha value is -1.06. The maximum atomic E-state index is 11.0. The third kappa shape index (κ3) is 9.03. The van der Waals surface area contributed by atoms with E-state index < -0.39 is 0 Å². The Kier molecular flexibility index (Phi) is 7.89. The molecule has 0 bridgehead atoms. The number of amides is 1. The first-order valence-electron chi connectivity index (χ1n) is 5.29. The summed E-state index contributed by atoms with van der Waals surface area (Å²) < 4.78 is 0. The molecule has 0 radical (unpaired) electrons. The minimum absolute atomic E-state index is 0.138. The summed E-state index contributed by atoms with van der Waals surface area (Å²) in [4.78, 5) is 14.4. The highest BCUT2D eigenvalue weighted by atomic mass is 16.1. The molecule has 4 heteroatoms. The fraction of sp³-hybridized carbons (Fsp3) is 0.800. The van der Waals surface area contributed by atoms with Crippen LogP contribution < -0.4 is 11.5 Å². The molecule has 0 atom stereocenters. The number of nitrogens with two attached hydrogens (primary N) is 2. The topological polar surface area (TPSA) is 81.5 Å². The lowest BCUT2D eigenvalue weighted by Gasteiger charge is -1.98. The van der Waals surface area contributed by atoms with Crippen molar-refractivity contribution in [2.75, 3.05) is 0 Å². The predicted molar refractivity (Wildman–Crippen MR) is 58.8 cm³/mol. The maximum Gasteiger partial charge on any atom is 0.248 e. The highest BCUT2D eigenvalue weighted by molar-refractivity contribution is 5.91. The molecular weight excluding hydrogens is 178 g/mol. The van der Waals surface area contributed by atoms with E-state index in [0.717, 1.165) is 12.8 Å². The summed E-state index contributed by atoms with van der Waals surface area (Å²) in [6, 6.07) is 0. The number of aliphatic imine (C=N–C) groups is 1. The zero-order chi connectivity index (χ0) is 10.8. The van der Waals surface area contributed by atoms with Gasteiger partial charge in [-0.3, -0.25) is 4.79 Å². The van der Waals surface area contributed by atoms with E-state index in [2.05, 4.69) is 11.9 Å². The van der Waals surface area contributed by atoms with E-state index in [9.17, 15) is 4.79 Å². The SMILES string of the molecule is CCCCCCCCC(=O)N=C(N)N. The summed E-state index contributed by atoms with van der Waals surface area (Å²) in [5.74, 6) is -0.346. The molecule has 0 fully saturated rings. The van der Waals surface area contributed by atoms with Crippen LogP contribution in [0.3, 0.4) is 0 Å². The lowest BCUT2D eigenvalue weighted by atomic mass is 10.1. The van der Waals surface area contributed by atoms with E-state index in [-0.39, 0.29) is 11.9 Å². The first-order valence-corrected chi connectivity index (χ1v) is 5.29. The molecule has 0 rings (SSSR count). The molecule has 0 aromatic heterocycles. The van der Waals surface area contributed by atoms with Crippen LogP contribution in [0.2, 0.25) is 0 Å². The van der Waals surface area contributed by atoms with Gasteiger partial charge in [-0.15, -0.1) is 0 Å². The largest absolute Gasteiger partial charge is 0.370 e. The van der Waals surface area contributed by atoms with Gasteiger partial charge in [-0.2, -0.15) is 4.99 Å². The molecule has 0 aliphatic carbocycles. The number of carbonyl (C=O) groups is 1. The molecule has 4 nitrogen and oxygen atoms in total. The van der Waals surface area contributed by atoms with Crippen LogP contribution in [0.4, 0.5) is 0 Å². The van der Waals surface area contributed by atoms with Crippen molar-refractivity contribution in [3.05, 3.63) is 0 Å². The number of rotatable bonds is 7. The van der Waals surface area contributed by atoms with Crippen molar-refractivity contribution in [3.8, 4) is 0 Å². The van der Waals surface area contributed by atoms with Gasteiger partial charge in [0.15, 0.2) is 5.96 Å². The zero-order valence-electron chi connectivity index (χ0n) is 8.96. The summed E-state index contributed by atoms with van der Waals surface area (Å²) in [5.41, 5.74) is 10.1. The Morgan fingerprint density at radius 2 is 1.64 bits per heavy atom. The second-order valence-corrected chi connectivity index (χ2v) is 3.45. The van der Waals surface area contributed by atoms with Crippen LogP contribution in [-0.4, -0.2) is 11.9 Å². The van der Waals surface area contributed by atoms with Crippen LogP contribution in [-0.2, 0) is 4.79 Å². The molecule has 0 unspecified atom stereocenters. The molecule has 0 saturated carbocycles. The van der Waals surface area contributed by atoms with Crippen molar-refractivity contribution < 1.29 is 4.79 Å². The Morgan fingerprint density at radius 1 is 1.07 bits per heavy atom. The second-order valence-electron chi connectivity index (χ2n) is 3.45. The Morgan fingerprint density at radius 3 is 2.21 bits per heavy atom. The van der Waals surface area contributed by atoms with E-state index in [1.807, 2.05) is 0 Å². The molecule has 0 aromatic carbocycles. The standard InChI is InChI=1S/C10H21N3O/c1-2-3-4-5-6-7-8-9(14)13-10(11)12/h2-8H2,1H3,(H4,11,12,13,14). The molecule has 0 aliphatic heterocycles. The van der Waals surface area contributed by atoms with Gasteiger partial charge in [0.1, 0.15) is 0 Å². The zero-order valence-corrected chi connectivity index (χ0v) is 8.96. The molecule has 0 aliphatic rings. The van der Waals surface area contributed by atoms with E-state index in [1.165, 1.54) is 25.7 Å². The van der Waals surface area contributed by atoms with Crippen molar-refractivity contribution in [2.45, 2.75) is 51.9 Å². The molecule has 4 N–H and O–H groups in total. The van der Waals surface area contributed by atoms with Crippen LogP contribution in [0.15, 0.2) is 4.99 Å². The highest BCUT2D eigenvalue weighted by Crippen LogP contribution is 2.07. The van der Waals surface area contributed by atoms with Gasteiger partial charge in [0, 0.05) is 6.42 Å². The van der Waals surface area contributed by atoms with Crippen LogP contribution in [0.1, 0.15) is 51.9 Å². The average Bonchev–Trinajstić information content (AvgIpc) is 2.10. The van der Waals surface area contributed by atoms with Gasteiger partial charge >= 0.3 is 0 Å². The van der Waals surface area contributed by atoms with Crippen LogP contribution in [0, 0.1) is 0 Å². The van der Waals surface area contributed by atoms with Gasteiger partial charge in [-0.05, 0) is 6.42 Å². The van der Waals surface area contributed by atoms with E-state index in [4.69, 9.17) is 11.5 Å². The Balaban J connectivity index is 3.28. The summed E-state index contributed by atoms with van der Waals surface area (Å²) >= 11 is 0. The summed E-state index contributed by atoms with van der Waals surface area (Å²) in [7, 11) is 0. The number of carbonyl (C=O) groups excluding carboxylic acids is 1. The minimum Gasteiger partial charge on any atom is -0.370 e. The summed E-state index contributed by atoms with van der Waals surface area (Å²) in [5, 5.41) is 0. The third-order valence-electron chi connectivity index (χ3n) is 2.00. The Bertz CT molecular complexity index is 186. The van der Waals surface area contributed by atoms with Crippen molar-refractivity contribution in [1.82, 2.24) is 0 Å². The monoisotopic (exact) mass is 199 g/mol. The maximum absolute atomic E-state index is 11.0. The van der Waals surface area contributed by atoms with Crippen LogP contribution in [0.5, 0.6) is 0 Å². The summed E-state index contributed by atoms with van der Waals surface area (Å²) in [6.45, 7) is 2.18. The van der Waals surface area contributed by atoms with E-state index >= 15 is 0 Å². The molecule has 1 amide bonds. The molecule has 0 heterocycles. The first-order chi connectivity index (χ1) is 6.66. The van der Waals surface area contributed by atoms with Crippen molar-refractivity contribution >= 4 is 11.9 Å². The predicted octanol–water partition coefficient (Wildman–Crippen LogP) is 1.54. The van der Waals surface area contributed by atoms with Crippen LogP contribution in [0.25, 0.3) is 0 Å². The average molecular weight is 199 g/mol. The number of hydrogen-bond acceptors (Lipinski definition) is 1. The van der Waals surface area contributed by atoms with Gasteiger partial charge in [0.25, 0.3) is 0 Å². The van der Waals surface area contributed by atoms with Gasteiger partial charge in [-0.1, -0.05) is 39.0 Å². The normalized spacial score (nSPS) is 9.79. The number of guanidine groups is 1. The smallest absolute Gasteiger partial charge is 0.248 e. The van der Waals surface area contributed by atoms with Gasteiger partial charge < -0.3 is 11.5 Å². The fourth-order valence-corrected chi connectivity index (χ4v) is 1.26. The number of nitrogens with zero attached hydrogens (tertiary/aromatic N) is 1. The molecular formula is C10H21N3O. The van der Waals surface area contributed by atoms with Gasteiger partial charge in [0.2, 0.25) is 5.91 Å². The lowest BCUT2D eigenvalue weighted by Crippen LogP contribution is -2.24. The third-order valence-corrected chi connectivity index (χ3v) is 2.00. The molecule has 0 aromatic rings. The quantitative estimate of drug-likeness (QED) is 0.370. The summed E-state index contributed by atoms with van der Waals surface area (Å²) in [6.07, 6.45) is 7.42. The van der Waals surface area contributed by atoms with E-state index in [0.29, 0.717) is 6.42 Å². The van der Waals surface area contributed by atoms with Gasteiger partial charge in [-0.25, -0.2) is 0 Å². The minimum atomic E-state index is -0.208. The molecule has 0 saturated heterocycles. The van der Waals surface area contributed by atoms with Crippen molar-refractivity contribution in [1.29, 1.82) is 0 Å². The number of hydrogen-bond donors (Lipinski definition) is 2. The fourth-order valence-electron chi connectivity index (χ4n) is 1.26. The van der Waals surface area contributed by atoms with E-state index in [1.54, 1.807) is 0 Å². The van der Waals surface area contributed by atoms with Crippen LogP contribution >= 0.6 is 0 Å². The van der Waals surface area contributed by atoms with Crippen molar-refractivity contribution in [3.63, 3.8) is 0 Å². The Labute approximate surface area is 85.8 Å². The lowest BCUT2D eigenvalue weighted by molar-refractivity contribution is -0.117. The van der Waals surface area contributed by atoms with Gasteiger partial charge in [0.05, 0.1) is 0 Å². The molecule has 14 heavy (non-hydrogen) atoms. The molecule has 82 valence electrons. The first kappa shape index (κ1) is 12.9. The van der Waals surface area contributed by atoms with Crippen molar-refractivity contribution in [2.24, 2.45) is 16.5 Å². The second kappa shape index (κ2) is 8.53. The highest BCUT2D eigenvalue weighted by Gasteiger charge is 1.98. The number of unbranched alkanes of at least 4 members (excludes halogenated alkanes) is 5.